The molecule has 0 unspecified atom stereocenters. The molecule has 0 aliphatic heterocycles. The maximum atomic E-state index is 5.35. The first kappa shape index (κ1) is 70.8. The quantitative estimate of drug-likeness (QED) is 0.0837. The fourth-order valence-electron chi connectivity index (χ4n) is 2.27. The molecule has 0 aromatic heterocycles. The molecule has 0 rings (SSSR count). The van der Waals surface area contributed by atoms with Crippen LogP contribution in [-0.2, 0) is 90.0 Å². The SMILES string of the molecule is COCCOC.COCCOC.COCCOC.COCCOC.COCCOC.COCCOC.COCCOCCOCCOCCOCCOCCOC. The van der Waals surface area contributed by atoms with Gasteiger partial charge in [0.1, 0.15) is 0 Å². The van der Waals surface area contributed by atoms with Crippen LogP contribution in [0.1, 0.15) is 0 Å². The van der Waals surface area contributed by atoms with Crippen LogP contribution in [0.5, 0.6) is 0 Å². The summed E-state index contributed by atoms with van der Waals surface area (Å²) < 4.78 is 92.1. The van der Waals surface area contributed by atoms with Gasteiger partial charge < -0.3 is 90.0 Å². The lowest BCUT2D eigenvalue weighted by Crippen LogP contribution is -2.14. The monoisotopic (exact) mass is 851 g/mol. The lowest BCUT2D eigenvalue weighted by atomic mass is 10.7. The van der Waals surface area contributed by atoms with Crippen molar-refractivity contribution in [1.82, 2.24) is 0 Å². The summed E-state index contributed by atoms with van der Waals surface area (Å²) in [5, 5.41) is 0. The minimum Gasteiger partial charge on any atom is -0.382 e. The normalized spacial score (nSPS) is 9.79. The Kier molecular flexibility index (Phi) is 113. The first-order valence-corrected chi connectivity index (χ1v) is 18.6. The Morgan fingerprint density at radius 1 is 0.123 bits per heavy atom. The minimum atomic E-state index is 0.561. The van der Waals surface area contributed by atoms with Crippen LogP contribution in [-0.4, -0.2) is 258 Å². The van der Waals surface area contributed by atoms with Crippen molar-refractivity contribution in [2.75, 3.05) is 258 Å². The summed E-state index contributed by atoms with van der Waals surface area (Å²) >= 11 is 0. The van der Waals surface area contributed by atoms with Crippen LogP contribution in [0, 0.1) is 0 Å². The average Bonchev–Trinajstić information content (AvgIpc) is 3.24. The van der Waals surface area contributed by atoms with Crippen molar-refractivity contribution in [2.24, 2.45) is 0 Å². The highest BCUT2D eigenvalue weighted by Gasteiger charge is 1.93. The van der Waals surface area contributed by atoms with Crippen LogP contribution < -0.4 is 0 Å². The zero-order valence-electron chi connectivity index (χ0n) is 38.7. The zero-order valence-corrected chi connectivity index (χ0v) is 38.7. The molecule has 0 saturated carbocycles. The second-order valence-corrected chi connectivity index (χ2v) is 9.96. The van der Waals surface area contributed by atoms with E-state index in [9.17, 15) is 0 Å². The van der Waals surface area contributed by atoms with Gasteiger partial charge in [-0.25, -0.2) is 0 Å². The summed E-state index contributed by atoms with van der Waals surface area (Å²) in [7, 11) is 23.1. The molecule has 0 bridgehead atoms. The smallest absolute Gasteiger partial charge is 0.0701 e. The highest BCUT2D eigenvalue weighted by molar-refractivity contribution is 4.36. The number of hydrogen-bond donors (Lipinski definition) is 0. The van der Waals surface area contributed by atoms with E-state index in [0.717, 1.165) is 0 Å². The zero-order chi connectivity index (χ0) is 44.4. The third-order valence-electron chi connectivity index (χ3n) is 5.30. The fourth-order valence-corrected chi connectivity index (χ4v) is 2.27. The van der Waals surface area contributed by atoms with E-state index in [4.69, 9.17) is 33.2 Å². The predicted octanol–water partition coefficient (Wildman–Crippen LogP) is 2.04. The molecule has 0 fully saturated rings. The number of ether oxygens (including phenoxy) is 19. The molecule has 0 aromatic carbocycles. The van der Waals surface area contributed by atoms with Gasteiger partial charge in [-0.15, -0.1) is 0 Å². The van der Waals surface area contributed by atoms with Crippen molar-refractivity contribution in [3.63, 3.8) is 0 Å². The Labute approximate surface area is 347 Å². The summed E-state index contributed by atoms with van der Waals surface area (Å²) in [4.78, 5) is 0. The van der Waals surface area contributed by atoms with E-state index >= 15 is 0 Å². The molecule has 19 nitrogen and oxygen atoms in total. The molecule has 0 aliphatic carbocycles. The van der Waals surface area contributed by atoms with E-state index in [0.29, 0.717) is 159 Å². The maximum absolute atomic E-state index is 5.35. The van der Waals surface area contributed by atoms with Gasteiger partial charge in [0, 0.05) is 99.5 Å². The minimum absolute atomic E-state index is 0.561. The van der Waals surface area contributed by atoms with Gasteiger partial charge in [-0.2, -0.15) is 0 Å². The molecule has 57 heavy (non-hydrogen) atoms. The Morgan fingerprint density at radius 3 is 0.281 bits per heavy atom. The largest absolute Gasteiger partial charge is 0.382 e. The number of hydrogen-bond acceptors (Lipinski definition) is 19. The van der Waals surface area contributed by atoms with Crippen molar-refractivity contribution in [2.45, 2.75) is 0 Å². The van der Waals surface area contributed by atoms with E-state index in [1.807, 2.05) is 0 Å². The van der Waals surface area contributed by atoms with Crippen LogP contribution in [0.4, 0.5) is 0 Å². The van der Waals surface area contributed by atoms with E-state index in [1.165, 1.54) is 0 Å². The molecule has 0 amide bonds. The summed E-state index contributed by atoms with van der Waals surface area (Å²) in [5.74, 6) is 0. The molecule has 0 saturated heterocycles. The molecular formula is C38H90O19. The third-order valence-corrected chi connectivity index (χ3v) is 5.30. The van der Waals surface area contributed by atoms with Crippen molar-refractivity contribution < 1.29 is 90.0 Å². The van der Waals surface area contributed by atoms with Crippen LogP contribution in [0.3, 0.4) is 0 Å². The van der Waals surface area contributed by atoms with Gasteiger partial charge in [0.05, 0.1) is 159 Å². The van der Waals surface area contributed by atoms with E-state index in [-0.39, 0.29) is 0 Å². The average molecular weight is 851 g/mol. The Hall–Kier alpha value is -0.760. The second-order valence-electron chi connectivity index (χ2n) is 9.96. The van der Waals surface area contributed by atoms with Crippen molar-refractivity contribution >= 4 is 0 Å². The van der Waals surface area contributed by atoms with Gasteiger partial charge in [0.2, 0.25) is 0 Å². The molecule has 0 radical (unpaired) electrons. The highest BCUT2D eigenvalue weighted by Crippen LogP contribution is 1.84. The second kappa shape index (κ2) is 91.1. The van der Waals surface area contributed by atoms with Gasteiger partial charge in [0.25, 0.3) is 0 Å². The standard InChI is InChI=1S/C14H30O7.6C4H10O2/c1-15-3-5-17-7-9-19-11-13-21-14-12-20-10-8-18-6-4-16-2;6*1-5-3-4-6-2/h3-14H2,1-2H3;6*3-4H2,1-2H3. The summed E-state index contributed by atoms with van der Waals surface area (Å²) in [6.45, 7) is 15.3. The van der Waals surface area contributed by atoms with Crippen LogP contribution in [0.2, 0.25) is 0 Å². The third kappa shape index (κ3) is 126. The van der Waals surface area contributed by atoms with Crippen molar-refractivity contribution in [1.29, 1.82) is 0 Å². The van der Waals surface area contributed by atoms with Gasteiger partial charge in [-0.3, -0.25) is 0 Å². The Morgan fingerprint density at radius 2 is 0.193 bits per heavy atom. The number of rotatable bonds is 36. The molecule has 0 spiro atoms. The highest BCUT2D eigenvalue weighted by atomic mass is 16.6. The van der Waals surface area contributed by atoms with Gasteiger partial charge in [-0.05, 0) is 0 Å². The summed E-state index contributed by atoms with van der Waals surface area (Å²) in [6.07, 6.45) is 0. The lowest BCUT2D eigenvalue weighted by Gasteiger charge is -2.07. The number of methoxy groups -OCH3 is 14. The molecule has 0 heterocycles. The molecule has 0 aromatic rings. The van der Waals surface area contributed by atoms with Gasteiger partial charge >= 0.3 is 0 Å². The molecule has 0 aliphatic rings. The molecule has 356 valence electrons. The first-order chi connectivity index (χ1) is 27.9. The predicted molar refractivity (Wildman–Crippen MR) is 220 cm³/mol. The van der Waals surface area contributed by atoms with Crippen molar-refractivity contribution in [3.8, 4) is 0 Å². The molecule has 19 heteroatoms. The van der Waals surface area contributed by atoms with Gasteiger partial charge in [-0.1, -0.05) is 0 Å². The molecular weight excluding hydrogens is 760 g/mol. The van der Waals surface area contributed by atoms with Crippen LogP contribution in [0.15, 0.2) is 0 Å². The van der Waals surface area contributed by atoms with E-state index < -0.39 is 0 Å². The summed E-state index contributed by atoms with van der Waals surface area (Å²) in [5.41, 5.74) is 0. The maximum Gasteiger partial charge on any atom is 0.0701 e. The Bertz CT molecular complexity index is 415. The van der Waals surface area contributed by atoms with Crippen LogP contribution in [0.25, 0.3) is 0 Å². The Balaban J connectivity index is -0.000000114. The lowest BCUT2D eigenvalue weighted by molar-refractivity contribution is -0.0174. The van der Waals surface area contributed by atoms with Crippen molar-refractivity contribution in [3.05, 3.63) is 0 Å². The summed E-state index contributed by atoms with van der Waals surface area (Å²) in [6, 6.07) is 0. The van der Waals surface area contributed by atoms with E-state index in [2.05, 4.69) is 56.8 Å². The topological polar surface area (TPSA) is 175 Å². The van der Waals surface area contributed by atoms with E-state index in [1.54, 1.807) is 99.5 Å². The fraction of sp³-hybridized carbons (Fsp3) is 1.00. The van der Waals surface area contributed by atoms with Crippen LogP contribution >= 0.6 is 0 Å². The first-order valence-electron chi connectivity index (χ1n) is 18.6. The van der Waals surface area contributed by atoms with Gasteiger partial charge in [0.15, 0.2) is 0 Å². The molecule has 0 atom stereocenters. The molecule has 0 N–H and O–H groups in total.